The van der Waals surface area contributed by atoms with E-state index in [4.69, 9.17) is 9.47 Å². The molecule has 0 aromatic heterocycles. The summed E-state index contributed by atoms with van der Waals surface area (Å²) in [7, 11) is 3.50. The Balaban J connectivity index is 0.00000243. The molecular formula is C18H33IN4O3. The number of nitrogens with zero attached hydrogens (tertiary/aromatic N) is 2. The van der Waals surface area contributed by atoms with Gasteiger partial charge in [-0.3, -0.25) is 4.79 Å². The Bertz CT molecular complexity index is 489. The molecule has 0 aromatic rings. The van der Waals surface area contributed by atoms with E-state index < -0.39 is 0 Å². The highest BCUT2D eigenvalue weighted by atomic mass is 127. The van der Waals surface area contributed by atoms with Crippen LogP contribution in [0.3, 0.4) is 0 Å². The number of likely N-dealkylation sites (N-methyl/N-ethyl adjacent to an activating group) is 1. The van der Waals surface area contributed by atoms with Gasteiger partial charge >= 0.3 is 0 Å². The third kappa shape index (κ3) is 5.95. The van der Waals surface area contributed by atoms with E-state index in [0.717, 1.165) is 25.7 Å². The molecule has 1 unspecified atom stereocenters. The van der Waals surface area contributed by atoms with E-state index in [0.29, 0.717) is 25.2 Å². The number of rotatable bonds is 5. The normalized spacial score (nSPS) is 25.3. The predicted octanol–water partition coefficient (Wildman–Crippen LogP) is 1.86. The number of amides is 1. The minimum atomic E-state index is -0.330. The lowest BCUT2D eigenvalue weighted by Crippen LogP contribution is -2.46. The van der Waals surface area contributed by atoms with Gasteiger partial charge in [0.15, 0.2) is 11.7 Å². The van der Waals surface area contributed by atoms with Crippen LogP contribution in [0, 0.1) is 0 Å². The van der Waals surface area contributed by atoms with Crippen LogP contribution in [-0.2, 0) is 14.3 Å². The van der Waals surface area contributed by atoms with Crippen LogP contribution in [0.25, 0.3) is 0 Å². The SMILES string of the molecule is CN(C)C(=O)CN=C(NCC1COC2(CCCC2)O1)NC1CCCC1.I. The molecule has 0 aromatic carbocycles. The summed E-state index contributed by atoms with van der Waals surface area (Å²) in [5.41, 5.74) is 0. The molecule has 26 heavy (non-hydrogen) atoms. The van der Waals surface area contributed by atoms with Gasteiger partial charge in [0.25, 0.3) is 0 Å². The largest absolute Gasteiger partial charge is 0.354 e. The molecule has 7 nitrogen and oxygen atoms in total. The molecule has 3 rings (SSSR count). The van der Waals surface area contributed by atoms with Crippen molar-refractivity contribution >= 4 is 35.8 Å². The smallest absolute Gasteiger partial charge is 0.243 e. The molecule has 3 aliphatic rings. The fraction of sp³-hybridized carbons (Fsp3) is 0.889. The summed E-state index contributed by atoms with van der Waals surface area (Å²) in [4.78, 5) is 17.9. The molecule has 1 saturated heterocycles. The fourth-order valence-corrected chi connectivity index (χ4v) is 3.81. The van der Waals surface area contributed by atoms with Gasteiger partial charge in [-0.25, -0.2) is 4.99 Å². The highest BCUT2D eigenvalue weighted by Gasteiger charge is 2.43. The van der Waals surface area contributed by atoms with Crippen molar-refractivity contribution in [3.63, 3.8) is 0 Å². The van der Waals surface area contributed by atoms with Crippen molar-refractivity contribution in [2.24, 2.45) is 4.99 Å². The summed E-state index contributed by atoms with van der Waals surface area (Å²) >= 11 is 0. The van der Waals surface area contributed by atoms with Crippen LogP contribution >= 0.6 is 24.0 Å². The summed E-state index contributed by atoms with van der Waals surface area (Å²) in [5, 5.41) is 6.82. The molecule has 8 heteroatoms. The first-order valence-corrected chi connectivity index (χ1v) is 9.63. The van der Waals surface area contributed by atoms with E-state index in [1.165, 1.54) is 25.7 Å². The molecule has 150 valence electrons. The van der Waals surface area contributed by atoms with E-state index in [1.54, 1.807) is 19.0 Å². The Morgan fingerprint density at radius 3 is 2.54 bits per heavy atom. The molecule has 2 aliphatic carbocycles. The van der Waals surface area contributed by atoms with Crippen molar-refractivity contribution < 1.29 is 14.3 Å². The highest BCUT2D eigenvalue weighted by molar-refractivity contribution is 14.0. The van der Waals surface area contributed by atoms with Crippen molar-refractivity contribution in [2.75, 3.05) is 33.8 Å². The number of nitrogens with one attached hydrogen (secondary N) is 2. The molecule has 1 atom stereocenters. The first kappa shape index (κ1) is 21.7. The van der Waals surface area contributed by atoms with Crippen molar-refractivity contribution in [3.05, 3.63) is 0 Å². The maximum absolute atomic E-state index is 11.8. The predicted molar refractivity (Wildman–Crippen MR) is 112 cm³/mol. The summed E-state index contributed by atoms with van der Waals surface area (Å²) in [6.45, 7) is 1.43. The Morgan fingerprint density at radius 1 is 1.19 bits per heavy atom. The van der Waals surface area contributed by atoms with Crippen LogP contribution in [0.15, 0.2) is 4.99 Å². The molecule has 1 amide bonds. The van der Waals surface area contributed by atoms with Crippen molar-refractivity contribution in [1.82, 2.24) is 15.5 Å². The van der Waals surface area contributed by atoms with Crippen LogP contribution in [0.5, 0.6) is 0 Å². The van der Waals surface area contributed by atoms with Gasteiger partial charge < -0.3 is 25.0 Å². The second-order valence-corrected chi connectivity index (χ2v) is 7.63. The highest BCUT2D eigenvalue weighted by Crippen LogP contribution is 2.38. The molecule has 0 radical (unpaired) electrons. The second-order valence-electron chi connectivity index (χ2n) is 7.63. The Labute approximate surface area is 173 Å². The molecule has 1 heterocycles. The van der Waals surface area contributed by atoms with E-state index in [-0.39, 0.29) is 48.3 Å². The molecule has 2 saturated carbocycles. The van der Waals surface area contributed by atoms with Crippen molar-refractivity contribution in [3.8, 4) is 0 Å². The van der Waals surface area contributed by atoms with Crippen molar-refractivity contribution in [2.45, 2.75) is 69.3 Å². The Hall–Kier alpha value is -0.610. The van der Waals surface area contributed by atoms with E-state index >= 15 is 0 Å². The third-order valence-corrected chi connectivity index (χ3v) is 5.34. The number of guanidine groups is 1. The maximum Gasteiger partial charge on any atom is 0.243 e. The number of carbonyl (C=O) groups is 1. The zero-order valence-corrected chi connectivity index (χ0v) is 18.3. The van der Waals surface area contributed by atoms with Gasteiger partial charge in [0, 0.05) is 39.5 Å². The van der Waals surface area contributed by atoms with Crippen LogP contribution in [0.4, 0.5) is 0 Å². The maximum atomic E-state index is 11.8. The summed E-state index contributed by atoms with van der Waals surface area (Å²) in [6.07, 6.45) is 9.24. The fourth-order valence-electron chi connectivity index (χ4n) is 3.81. The Kier molecular flexibility index (Phi) is 8.41. The van der Waals surface area contributed by atoms with Crippen LogP contribution < -0.4 is 10.6 Å². The number of ether oxygens (including phenoxy) is 2. The van der Waals surface area contributed by atoms with Gasteiger partial charge in [0.05, 0.1) is 6.61 Å². The minimum Gasteiger partial charge on any atom is -0.354 e. The molecule has 1 aliphatic heterocycles. The Morgan fingerprint density at radius 2 is 1.88 bits per heavy atom. The number of carbonyl (C=O) groups excluding carboxylic acids is 1. The standard InChI is InChI=1S/C18H32N4O3.HI/c1-22(2)16(23)12-20-17(21-14-7-3-4-8-14)19-11-15-13-24-18(25-15)9-5-6-10-18;/h14-15H,3-13H2,1-2H3,(H2,19,20,21);1H. The molecule has 1 spiro atoms. The van der Waals surface area contributed by atoms with Gasteiger partial charge in [-0.2, -0.15) is 0 Å². The molecule has 0 bridgehead atoms. The van der Waals surface area contributed by atoms with Gasteiger partial charge in [0.1, 0.15) is 12.6 Å². The van der Waals surface area contributed by atoms with Gasteiger partial charge in [-0.15, -0.1) is 24.0 Å². The molecule has 2 N–H and O–H groups in total. The lowest BCUT2D eigenvalue weighted by atomic mass is 10.2. The lowest BCUT2D eigenvalue weighted by molar-refractivity contribution is -0.160. The van der Waals surface area contributed by atoms with E-state index in [1.807, 2.05) is 0 Å². The van der Waals surface area contributed by atoms with Gasteiger partial charge in [-0.05, 0) is 25.7 Å². The summed E-state index contributed by atoms with van der Waals surface area (Å²) < 4.78 is 12.1. The average Bonchev–Trinajstić information content (AvgIpc) is 3.34. The first-order chi connectivity index (χ1) is 12.1. The van der Waals surface area contributed by atoms with E-state index in [9.17, 15) is 4.79 Å². The quantitative estimate of drug-likeness (QED) is 0.357. The average molecular weight is 480 g/mol. The minimum absolute atomic E-state index is 0. The third-order valence-electron chi connectivity index (χ3n) is 5.34. The zero-order chi connectivity index (χ0) is 17.7. The van der Waals surface area contributed by atoms with Gasteiger partial charge in [-0.1, -0.05) is 12.8 Å². The number of halogens is 1. The second kappa shape index (κ2) is 10.1. The van der Waals surface area contributed by atoms with Crippen molar-refractivity contribution in [1.29, 1.82) is 0 Å². The van der Waals surface area contributed by atoms with Crippen LogP contribution in [0.2, 0.25) is 0 Å². The molecule has 3 fully saturated rings. The first-order valence-electron chi connectivity index (χ1n) is 9.63. The summed E-state index contributed by atoms with van der Waals surface area (Å²) in [5.74, 6) is 0.375. The molecular weight excluding hydrogens is 447 g/mol. The monoisotopic (exact) mass is 480 g/mol. The number of aliphatic imine (C=N–C) groups is 1. The van der Waals surface area contributed by atoms with Crippen LogP contribution in [-0.4, -0.2) is 68.5 Å². The summed E-state index contributed by atoms with van der Waals surface area (Å²) in [6, 6.07) is 0.447. The zero-order valence-electron chi connectivity index (χ0n) is 16.0. The number of hydrogen-bond donors (Lipinski definition) is 2. The van der Waals surface area contributed by atoms with Crippen LogP contribution in [0.1, 0.15) is 51.4 Å². The van der Waals surface area contributed by atoms with E-state index in [2.05, 4.69) is 15.6 Å². The lowest BCUT2D eigenvalue weighted by Gasteiger charge is -2.23. The van der Waals surface area contributed by atoms with Gasteiger partial charge in [0.2, 0.25) is 5.91 Å². The number of hydrogen-bond acceptors (Lipinski definition) is 4. The topological polar surface area (TPSA) is 75.2 Å².